The Morgan fingerprint density at radius 2 is 1.74 bits per heavy atom. The van der Waals surface area contributed by atoms with E-state index in [4.69, 9.17) is 0 Å². The number of nitro benzene ring substituents is 1. The predicted octanol–water partition coefficient (Wildman–Crippen LogP) is 3.70. The third kappa shape index (κ3) is 4.03. The van der Waals surface area contributed by atoms with E-state index in [0.717, 1.165) is 31.4 Å². The van der Waals surface area contributed by atoms with Crippen molar-refractivity contribution in [2.24, 2.45) is 0 Å². The van der Waals surface area contributed by atoms with Gasteiger partial charge in [-0.05, 0) is 32.2 Å². The Kier molecular flexibility index (Phi) is 5.96. The standard InChI is InChI=1S/C15H24N2O2/c1-4-15(5-2,6-3)16-12-11-13-9-7-8-10-14(13)17(18)19/h7-10,16H,4-6,11-12H2,1-3H3. The second kappa shape index (κ2) is 7.24. The summed E-state index contributed by atoms with van der Waals surface area (Å²) < 4.78 is 0. The maximum Gasteiger partial charge on any atom is 0.272 e. The second-order valence-corrected chi connectivity index (χ2v) is 4.90. The van der Waals surface area contributed by atoms with Gasteiger partial charge in [-0.2, -0.15) is 0 Å². The first-order chi connectivity index (χ1) is 9.08. The van der Waals surface area contributed by atoms with Crippen LogP contribution in [-0.4, -0.2) is 17.0 Å². The fraction of sp³-hybridized carbons (Fsp3) is 0.600. The van der Waals surface area contributed by atoms with E-state index in [-0.39, 0.29) is 16.1 Å². The summed E-state index contributed by atoms with van der Waals surface area (Å²) in [5.41, 5.74) is 1.19. The lowest BCUT2D eigenvalue weighted by Gasteiger charge is -2.32. The zero-order chi connectivity index (χ0) is 14.3. The Bertz CT molecular complexity index is 406. The van der Waals surface area contributed by atoms with Gasteiger partial charge >= 0.3 is 0 Å². The maximum atomic E-state index is 10.9. The van der Waals surface area contributed by atoms with Crippen molar-refractivity contribution in [3.63, 3.8) is 0 Å². The molecule has 0 aromatic heterocycles. The van der Waals surface area contributed by atoms with E-state index < -0.39 is 0 Å². The first-order valence-corrected chi connectivity index (χ1v) is 7.06. The smallest absolute Gasteiger partial charge is 0.272 e. The first kappa shape index (κ1) is 15.6. The number of hydrogen-bond acceptors (Lipinski definition) is 3. The first-order valence-electron chi connectivity index (χ1n) is 7.06. The molecule has 1 aromatic carbocycles. The molecule has 0 amide bonds. The van der Waals surface area contributed by atoms with Crippen molar-refractivity contribution in [2.45, 2.75) is 52.0 Å². The van der Waals surface area contributed by atoms with Gasteiger partial charge in [0, 0.05) is 17.2 Å². The van der Waals surface area contributed by atoms with Gasteiger partial charge in [-0.15, -0.1) is 0 Å². The molecule has 0 unspecified atom stereocenters. The molecule has 1 aromatic rings. The molecule has 106 valence electrons. The van der Waals surface area contributed by atoms with Crippen molar-refractivity contribution < 1.29 is 4.92 Å². The van der Waals surface area contributed by atoms with Gasteiger partial charge in [0.1, 0.15) is 0 Å². The molecule has 0 atom stereocenters. The molecule has 1 N–H and O–H groups in total. The Morgan fingerprint density at radius 3 is 2.26 bits per heavy atom. The average Bonchev–Trinajstić information content (AvgIpc) is 2.44. The number of rotatable bonds is 8. The topological polar surface area (TPSA) is 55.2 Å². The van der Waals surface area contributed by atoms with Crippen LogP contribution in [0.25, 0.3) is 0 Å². The largest absolute Gasteiger partial charge is 0.311 e. The third-order valence-electron chi connectivity index (χ3n) is 4.11. The molecule has 0 fully saturated rings. The molecule has 0 aliphatic carbocycles. The van der Waals surface area contributed by atoms with Crippen LogP contribution in [-0.2, 0) is 6.42 Å². The highest BCUT2D eigenvalue weighted by Gasteiger charge is 2.22. The van der Waals surface area contributed by atoms with E-state index in [0.29, 0.717) is 6.42 Å². The Labute approximate surface area is 115 Å². The minimum absolute atomic E-state index is 0.170. The van der Waals surface area contributed by atoms with Gasteiger partial charge in [0.15, 0.2) is 0 Å². The number of hydrogen-bond donors (Lipinski definition) is 1. The highest BCUT2D eigenvalue weighted by Crippen LogP contribution is 2.21. The summed E-state index contributed by atoms with van der Waals surface area (Å²) >= 11 is 0. The van der Waals surface area contributed by atoms with Crippen LogP contribution in [0.3, 0.4) is 0 Å². The van der Waals surface area contributed by atoms with Crippen molar-refractivity contribution in [1.29, 1.82) is 0 Å². The molecule has 4 heteroatoms. The normalized spacial score (nSPS) is 11.5. The number of benzene rings is 1. The van der Waals surface area contributed by atoms with E-state index in [1.807, 2.05) is 12.1 Å². The Balaban J connectivity index is 2.65. The molecule has 0 spiro atoms. The lowest BCUT2D eigenvalue weighted by atomic mass is 9.89. The number of nitrogens with one attached hydrogen (secondary N) is 1. The summed E-state index contributed by atoms with van der Waals surface area (Å²) in [6, 6.07) is 6.98. The third-order valence-corrected chi connectivity index (χ3v) is 4.11. The van der Waals surface area contributed by atoms with Crippen molar-refractivity contribution in [2.75, 3.05) is 6.54 Å². The van der Waals surface area contributed by atoms with Crippen LogP contribution in [0.15, 0.2) is 24.3 Å². The molecule has 0 bridgehead atoms. The highest BCUT2D eigenvalue weighted by molar-refractivity contribution is 5.39. The van der Waals surface area contributed by atoms with Crippen LogP contribution in [0.5, 0.6) is 0 Å². The number of para-hydroxylation sites is 1. The monoisotopic (exact) mass is 264 g/mol. The molecule has 0 aliphatic heterocycles. The van der Waals surface area contributed by atoms with Crippen LogP contribution < -0.4 is 5.32 Å². The van der Waals surface area contributed by atoms with Crippen molar-refractivity contribution in [3.8, 4) is 0 Å². The van der Waals surface area contributed by atoms with Gasteiger partial charge in [-0.25, -0.2) is 0 Å². The molecular weight excluding hydrogens is 240 g/mol. The van der Waals surface area contributed by atoms with Crippen LogP contribution >= 0.6 is 0 Å². The number of nitrogens with zero attached hydrogens (tertiary/aromatic N) is 1. The summed E-state index contributed by atoms with van der Waals surface area (Å²) in [5, 5.41) is 14.5. The second-order valence-electron chi connectivity index (χ2n) is 4.90. The zero-order valence-corrected chi connectivity index (χ0v) is 12.1. The van der Waals surface area contributed by atoms with Crippen LogP contribution in [0.2, 0.25) is 0 Å². The lowest BCUT2D eigenvalue weighted by molar-refractivity contribution is -0.385. The van der Waals surface area contributed by atoms with Gasteiger partial charge in [0.05, 0.1) is 4.92 Å². The Morgan fingerprint density at radius 1 is 1.16 bits per heavy atom. The van der Waals surface area contributed by atoms with Gasteiger partial charge in [0.2, 0.25) is 0 Å². The van der Waals surface area contributed by atoms with E-state index in [9.17, 15) is 10.1 Å². The Hall–Kier alpha value is -1.42. The summed E-state index contributed by atoms with van der Waals surface area (Å²) in [4.78, 5) is 10.6. The molecule has 19 heavy (non-hydrogen) atoms. The maximum absolute atomic E-state index is 10.9. The van der Waals surface area contributed by atoms with Gasteiger partial charge < -0.3 is 5.32 Å². The fourth-order valence-corrected chi connectivity index (χ4v) is 2.49. The van der Waals surface area contributed by atoms with Crippen molar-refractivity contribution in [1.82, 2.24) is 5.32 Å². The SMILES string of the molecule is CCC(CC)(CC)NCCc1ccccc1[N+](=O)[O-]. The van der Waals surface area contributed by atoms with E-state index in [1.165, 1.54) is 0 Å². The van der Waals surface area contributed by atoms with E-state index in [2.05, 4.69) is 26.1 Å². The van der Waals surface area contributed by atoms with Crippen LogP contribution in [0.4, 0.5) is 5.69 Å². The van der Waals surface area contributed by atoms with Crippen molar-refractivity contribution in [3.05, 3.63) is 39.9 Å². The zero-order valence-electron chi connectivity index (χ0n) is 12.1. The molecule has 0 heterocycles. The predicted molar refractivity (Wildman–Crippen MR) is 78.4 cm³/mol. The van der Waals surface area contributed by atoms with Gasteiger partial charge in [-0.3, -0.25) is 10.1 Å². The van der Waals surface area contributed by atoms with E-state index >= 15 is 0 Å². The highest BCUT2D eigenvalue weighted by atomic mass is 16.6. The molecule has 0 saturated heterocycles. The summed E-state index contributed by atoms with van der Waals surface area (Å²) in [7, 11) is 0. The summed E-state index contributed by atoms with van der Waals surface area (Å²) in [5.74, 6) is 0. The summed E-state index contributed by atoms with van der Waals surface area (Å²) in [6.07, 6.45) is 3.93. The molecule has 0 aliphatic rings. The lowest BCUT2D eigenvalue weighted by Crippen LogP contribution is -2.44. The van der Waals surface area contributed by atoms with E-state index in [1.54, 1.807) is 12.1 Å². The molecule has 1 rings (SSSR count). The summed E-state index contributed by atoms with van der Waals surface area (Å²) in [6.45, 7) is 7.33. The number of nitro groups is 1. The van der Waals surface area contributed by atoms with Crippen LogP contribution in [0.1, 0.15) is 45.6 Å². The molecule has 0 saturated carbocycles. The molecule has 4 nitrogen and oxygen atoms in total. The quantitative estimate of drug-likeness (QED) is 0.575. The average molecular weight is 264 g/mol. The fourth-order valence-electron chi connectivity index (χ4n) is 2.49. The van der Waals surface area contributed by atoms with Crippen LogP contribution in [0, 0.1) is 10.1 Å². The minimum Gasteiger partial charge on any atom is -0.311 e. The van der Waals surface area contributed by atoms with Crippen molar-refractivity contribution >= 4 is 5.69 Å². The molecule has 0 radical (unpaired) electrons. The minimum atomic E-state index is -0.304. The van der Waals surface area contributed by atoms with Gasteiger partial charge in [0.25, 0.3) is 5.69 Å². The molecular formula is C15H24N2O2. The van der Waals surface area contributed by atoms with Gasteiger partial charge in [-0.1, -0.05) is 39.0 Å².